The highest BCUT2D eigenvalue weighted by molar-refractivity contribution is 9.10. The van der Waals surface area contributed by atoms with Crippen LogP contribution in [0.4, 0.5) is 21.8 Å². The fourth-order valence-corrected chi connectivity index (χ4v) is 2.12. The van der Waals surface area contributed by atoms with Crippen molar-refractivity contribution in [3.8, 4) is 0 Å². The SMILES string of the molecule is CNc1nc(Nc2ccc(F)c(Br)c2)c2[nH]cnc2n1. The van der Waals surface area contributed by atoms with Gasteiger partial charge in [-0.3, -0.25) is 0 Å². The predicted molar refractivity (Wildman–Crippen MR) is 78.6 cm³/mol. The zero-order valence-electron chi connectivity index (χ0n) is 10.4. The van der Waals surface area contributed by atoms with Crippen LogP contribution in [0.3, 0.4) is 0 Å². The average molecular weight is 337 g/mol. The lowest BCUT2D eigenvalue weighted by molar-refractivity contribution is 0.621. The van der Waals surface area contributed by atoms with Gasteiger partial charge in [0.2, 0.25) is 5.95 Å². The van der Waals surface area contributed by atoms with Crippen LogP contribution in [0, 0.1) is 5.82 Å². The Kier molecular flexibility index (Phi) is 3.23. The summed E-state index contributed by atoms with van der Waals surface area (Å²) < 4.78 is 13.6. The highest BCUT2D eigenvalue weighted by atomic mass is 79.9. The molecule has 0 aliphatic rings. The summed E-state index contributed by atoms with van der Waals surface area (Å²) in [5.74, 6) is 0.699. The molecule has 0 spiro atoms. The molecule has 2 aromatic heterocycles. The molecule has 102 valence electrons. The van der Waals surface area contributed by atoms with Crippen molar-refractivity contribution in [1.29, 1.82) is 0 Å². The number of aromatic nitrogens is 4. The van der Waals surface area contributed by atoms with E-state index in [0.29, 0.717) is 33.1 Å². The normalized spacial score (nSPS) is 10.8. The van der Waals surface area contributed by atoms with Crippen molar-refractivity contribution in [2.75, 3.05) is 17.7 Å². The van der Waals surface area contributed by atoms with Crippen molar-refractivity contribution >= 4 is 44.5 Å². The number of H-pyrrole nitrogens is 1. The minimum absolute atomic E-state index is 0.319. The molecule has 0 atom stereocenters. The summed E-state index contributed by atoms with van der Waals surface area (Å²) in [6.07, 6.45) is 1.55. The van der Waals surface area contributed by atoms with E-state index in [1.54, 1.807) is 25.5 Å². The summed E-state index contributed by atoms with van der Waals surface area (Å²) in [5, 5.41) is 5.99. The fourth-order valence-electron chi connectivity index (χ4n) is 1.75. The second kappa shape index (κ2) is 5.04. The molecule has 20 heavy (non-hydrogen) atoms. The Labute approximate surface area is 122 Å². The van der Waals surface area contributed by atoms with Gasteiger partial charge in [-0.1, -0.05) is 0 Å². The van der Waals surface area contributed by atoms with E-state index < -0.39 is 0 Å². The van der Waals surface area contributed by atoms with Gasteiger partial charge in [-0.25, -0.2) is 9.37 Å². The zero-order valence-corrected chi connectivity index (χ0v) is 12.0. The van der Waals surface area contributed by atoms with Gasteiger partial charge in [-0.05, 0) is 34.1 Å². The van der Waals surface area contributed by atoms with Gasteiger partial charge >= 0.3 is 0 Å². The molecule has 0 saturated heterocycles. The number of hydrogen-bond acceptors (Lipinski definition) is 5. The van der Waals surface area contributed by atoms with Crippen LogP contribution in [0.25, 0.3) is 11.2 Å². The number of nitrogens with zero attached hydrogens (tertiary/aromatic N) is 3. The molecule has 2 heterocycles. The molecule has 3 N–H and O–H groups in total. The van der Waals surface area contributed by atoms with Crippen LogP contribution in [0.1, 0.15) is 0 Å². The van der Waals surface area contributed by atoms with Crippen LogP contribution in [-0.4, -0.2) is 27.0 Å². The number of rotatable bonds is 3. The molecule has 0 radical (unpaired) electrons. The summed E-state index contributed by atoms with van der Waals surface area (Å²) in [7, 11) is 1.73. The van der Waals surface area contributed by atoms with E-state index >= 15 is 0 Å². The number of halogens is 2. The molecular weight excluding hydrogens is 327 g/mol. The van der Waals surface area contributed by atoms with Crippen LogP contribution in [0.2, 0.25) is 0 Å². The standard InChI is InChI=1S/C12H10BrFN6/c1-15-12-19-10-9(16-5-17-10)11(20-12)18-6-2-3-8(14)7(13)4-6/h2-5H,1H3,(H3,15,16,17,18,19,20). The number of imidazole rings is 1. The topological polar surface area (TPSA) is 78.5 Å². The Hall–Kier alpha value is -2.22. The summed E-state index contributed by atoms with van der Waals surface area (Å²) >= 11 is 3.15. The smallest absolute Gasteiger partial charge is 0.226 e. The quantitative estimate of drug-likeness (QED) is 0.685. The predicted octanol–water partition coefficient (Wildman–Crippen LogP) is 3.04. The van der Waals surface area contributed by atoms with Crippen LogP contribution in [-0.2, 0) is 0 Å². The first-order chi connectivity index (χ1) is 9.67. The van der Waals surface area contributed by atoms with E-state index in [1.807, 2.05) is 0 Å². The van der Waals surface area contributed by atoms with Gasteiger partial charge < -0.3 is 15.6 Å². The largest absolute Gasteiger partial charge is 0.357 e. The Morgan fingerprint density at radius 3 is 2.90 bits per heavy atom. The molecule has 0 fully saturated rings. The molecule has 0 amide bonds. The third-order valence-corrected chi connectivity index (χ3v) is 3.30. The minimum Gasteiger partial charge on any atom is -0.357 e. The Bertz CT molecular complexity index is 772. The summed E-state index contributed by atoms with van der Waals surface area (Å²) in [6.45, 7) is 0. The number of fused-ring (bicyclic) bond motifs is 1. The van der Waals surface area contributed by atoms with E-state index in [0.717, 1.165) is 0 Å². The lowest BCUT2D eigenvalue weighted by Crippen LogP contribution is -2.02. The highest BCUT2D eigenvalue weighted by Gasteiger charge is 2.10. The Morgan fingerprint density at radius 1 is 1.30 bits per heavy atom. The minimum atomic E-state index is -0.319. The molecule has 0 bridgehead atoms. The fraction of sp³-hybridized carbons (Fsp3) is 0.0833. The van der Waals surface area contributed by atoms with Gasteiger partial charge in [-0.15, -0.1) is 0 Å². The highest BCUT2D eigenvalue weighted by Crippen LogP contribution is 2.25. The lowest BCUT2D eigenvalue weighted by atomic mass is 10.3. The van der Waals surface area contributed by atoms with Crippen molar-refractivity contribution in [2.24, 2.45) is 0 Å². The van der Waals surface area contributed by atoms with E-state index in [4.69, 9.17) is 0 Å². The first-order valence-corrected chi connectivity index (χ1v) is 6.57. The molecule has 3 rings (SSSR count). The van der Waals surface area contributed by atoms with Crippen molar-refractivity contribution in [1.82, 2.24) is 19.9 Å². The van der Waals surface area contributed by atoms with Gasteiger partial charge in [-0.2, -0.15) is 9.97 Å². The molecule has 1 aromatic carbocycles. The maximum absolute atomic E-state index is 13.2. The first kappa shape index (κ1) is 12.8. The molecule has 0 unspecified atom stereocenters. The molecule has 3 aromatic rings. The maximum Gasteiger partial charge on any atom is 0.226 e. The summed E-state index contributed by atoms with van der Waals surface area (Å²) in [6, 6.07) is 4.64. The van der Waals surface area contributed by atoms with Crippen molar-refractivity contribution in [3.05, 3.63) is 34.8 Å². The van der Waals surface area contributed by atoms with Crippen molar-refractivity contribution in [3.63, 3.8) is 0 Å². The zero-order chi connectivity index (χ0) is 14.1. The average Bonchev–Trinajstić information content (AvgIpc) is 2.91. The number of benzene rings is 1. The van der Waals surface area contributed by atoms with Crippen LogP contribution < -0.4 is 10.6 Å². The molecule has 8 heteroatoms. The third kappa shape index (κ3) is 2.29. The molecule has 6 nitrogen and oxygen atoms in total. The van der Waals surface area contributed by atoms with E-state index in [-0.39, 0.29) is 5.82 Å². The van der Waals surface area contributed by atoms with Gasteiger partial charge in [0.1, 0.15) is 11.3 Å². The number of hydrogen-bond donors (Lipinski definition) is 3. The second-order valence-corrected chi connectivity index (χ2v) is 4.86. The molecule has 0 aliphatic heterocycles. The van der Waals surface area contributed by atoms with Crippen LogP contribution >= 0.6 is 15.9 Å². The van der Waals surface area contributed by atoms with Gasteiger partial charge in [0.25, 0.3) is 0 Å². The van der Waals surface area contributed by atoms with E-state index in [9.17, 15) is 4.39 Å². The molecule has 0 saturated carbocycles. The summed E-state index contributed by atoms with van der Waals surface area (Å²) in [5.41, 5.74) is 1.94. The van der Waals surface area contributed by atoms with Crippen molar-refractivity contribution in [2.45, 2.75) is 0 Å². The Balaban J connectivity index is 2.04. The first-order valence-electron chi connectivity index (χ1n) is 5.78. The second-order valence-electron chi connectivity index (χ2n) is 4.00. The number of anilines is 3. The number of nitrogens with one attached hydrogen (secondary N) is 3. The van der Waals surface area contributed by atoms with Gasteiger partial charge in [0.15, 0.2) is 11.5 Å². The molecular formula is C12H10BrFN6. The summed E-state index contributed by atoms with van der Waals surface area (Å²) in [4.78, 5) is 15.6. The molecule has 0 aliphatic carbocycles. The van der Waals surface area contributed by atoms with Gasteiger partial charge in [0.05, 0.1) is 10.8 Å². The van der Waals surface area contributed by atoms with Crippen molar-refractivity contribution < 1.29 is 4.39 Å². The van der Waals surface area contributed by atoms with E-state index in [1.165, 1.54) is 6.07 Å². The monoisotopic (exact) mass is 336 g/mol. The van der Waals surface area contributed by atoms with Crippen LogP contribution in [0.15, 0.2) is 29.0 Å². The number of aromatic amines is 1. The van der Waals surface area contributed by atoms with E-state index in [2.05, 4.69) is 46.5 Å². The maximum atomic E-state index is 13.2. The third-order valence-electron chi connectivity index (χ3n) is 2.69. The van der Waals surface area contributed by atoms with Gasteiger partial charge in [0, 0.05) is 12.7 Å². The lowest BCUT2D eigenvalue weighted by Gasteiger charge is -2.08. The Morgan fingerprint density at radius 2 is 2.15 bits per heavy atom. The van der Waals surface area contributed by atoms with Crippen LogP contribution in [0.5, 0.6) is 0 Å².